The third-order valence-electron chi connectivity index (χ3n) is 4.12. The van der Waals surface area contributed by atoms with Crippen LogP contribution >= 0.6 is 0 Å². The van der Waals surface area contributed by atoms with E-state index in [1.807, 2.05) is 6.92 Å². The third kappa shape index (κ3) is 2.57. The number of ether oxygens (including phenoxy) is 1. The van der Waals surface area contributed by atoms with Crippen LogP contribution < -0.4 is 0 Å². The molecule has 0 spiro atoms. The van der Waals surface area contributed by atoms with E-state index in [0.29, 0.717) is 12.6 Å². The molecule has 0 aromatic carbocycles. The second-order valence-corrected chi connectivity index (χ2v) is 7.82. The molecule has 3 atom stereocenters. The first kappa shape index (κ1) is 14.2. The van der Waals surface area contributed by atoms with Gasteiger partial charge in [-0.3, -0.25) is 4.90 Å². The molecule has 2 saturated heterocycles. The van der Waals surface area contributed by atoms with Gasteiger partial charge in [-0.15, -0.1) is 0 Å². The van der Waals surface area contributed by atoms with Crippen molar-refractivity contribution in [2.75, 3.05) is 33.4 Å². The normalized spacial score (nSPS) is 32.4. The molecule has 0 aromatic rings. The van der Waals surface area contributed by atoms with Gasteiger partial charge >= 0.3 is 0 Å². The van der Waals surface area contributed by atoms with Crippen LogP contribution in [0.15, 0.2) is 0 Å². The van der Waals surface area contributed by atoms with E-state index in [1.165, 1.54) is 6.42 Å². The largest absolute Gasteiger partial charge is 0.383 e. The molecule has 0 radical (unpaired) electrons. The summed E-state index contributed by atoms with van der Waals surface area (Å²) in [5.41, 5.74) is 0. The lowest BCUT2D eigenvalue weighted by Crippen LogP contribution is -2.58. The molecule has 0 unspecified atom stereocenters. The highest BCUT2D eigenvalue weighted by Gasteiger charge is 2.41. The monoisotopic (exact) mass is 276 g/mol. The van der Waals surface area contributed by atoms with Crippen LogP contribution in [-0.2, 0) is 14.8 Å². The first-order chi connectivity index (χ1) is 8.46. The molecule has 2 aliphatic heterocycles. The fourth-order valence-electron chi connectivity index (χ4n) is 3.07. The number of nitrogens with zero attached hydrogens (tertiary/aromatic N) is 2. The van der Waals surface area contributed by atoms with Gasteiger partial charge in [0, 0.05) is 32.3 Å². The van der Waals surface area contributed by atoms with Gasteiger partial charge in [-0.05, 0) is 33.2 Å². The molecular formula is C12H24N2O3S. The summed E-state index contributed by atoms with van der Waals surface area (Å²) in [6.07, 6.45) is 2.32. The number of hydrogen-bond acceptors (Lipinski definition) is 4. The first-order valence-electron chi connectivity index (χ1n) is 6.70. The maximum atomic E-state index is 12.5. The van der Waals surface area contributed by atoms with Crippen LogP contribution in [0, 0.1) is 0 Å². The molecule has 0 bridgehead atoms. The molecule has 2 fully saturated rings. The van der Waals surface area contributed by atoms with Crippen LogP contribution in [-0.4, -0.2) is 68.3 Å². The summed E-state index contributed by atoms with van der Waals surface area (Å²) in [7, 11) is -1.68. The number of piperazine rings is 1. The van der Waals surface area contributed by atoms with Gasteiger partial charge in [0.15, 0.2) is 0 Å². The van der Waals surface area contributed by atoms with E-state index in [0.717, 1.165) is 19.5 Å². The van der Waals surface area contributed by atoms with Crippen molar-refractivity contribution in [3.63, 3.8) is 0 Å². The van der Waals surface area contributed by atoms with Crippen molar-refractivity contribution in [1.82, 2.24) is 9.21 Å². The Labute approximate surface area is 110 Å². The van der Waals surface area contributed by atoms with Crippen molar-refractivity contribution in [2.45, 2.75) is 44.0 Å². The van der Waals surface area contributed by atoms with E-state index >= 15 is 0 Å². The second-order valence-electron chi connectivity index (χ2n) is 5.52. The number of rotatable bonds is 4. The van der Waals surface area contributed by atoms with Crippen LogP contribution in [0.2, 0.25) is 0 Å². The Morgan fingerprint density at radius 1 is 1.39 bits per heavy atom. The van der Waals surface area contributed by atoms with Gasteiger partial charge in [-0.2, -0.15) is 4.31 Å². The molecule has 6 heteroatoms. The molecule has 2 aliphatic rings. The van der Waals surface area contributed by atoms with Crippen molar-refractivity contribution in [2.24, 2.45) is 0 Å². The van der Waals surface area contributed by atoms with Crippen molar-refractivity contribution < 1.29 is 13.2 Å². The van der Waals surface area contributed by atoms with E-state index in [-0.39, 0.29) is 12.6 Å². The predicted octanol–water partition coefficient (Wildman–Crippen LogP) is 0.520. The van der Waals surface area contributed by atoms with E-state index < -0.39 is 15.3 Å². The van der Waals surface area contributed by atoms with Gasteiger partial charge < -0.3 is 4.74 Å². The van der Waals surface area contributed by atoms with E-state index in [9.17, 15) is 8.42 Å². The van der Waals surface area contributed by atoms with Crippen LogP contribution in [0.3, 0.4) is 0 Å². The number of fused-ring (bicyclic) bond motifs is 1. The minimum atomic E-state index is -3.23. The molecule has 0 amide bonds. The molecule has 106 valence electrons. The maximum absolute atomic E-state index is 12.5. The molecule has 2 heterocycles. The second kappa shape index (κ2) is 5.45. The highest BCUT2D eigenvalue weighted by molar-refractivity contribution is 7.89. The van der Waals surface area contributed by atoms with Crippen LogP contribution in [0.1, 0.15) is 26.7 Å². The Hall–Kier alpha value is -0.170. The van der Waals surface area contributed by atoms with Crippen LogP contribution in [0.4, 0.5) is 0 Å². The molecule has 2 rings (SSSR count). The third-order valence-corrected chi connectivity index (χ3v) is 6.43. The molecular weight excluding hydrogens is 252 g/mol. The molecule has 0 aromatic heterocycles. The number of sulfonamides is 1. The van der Waals surface area contributed by atoms with E-state index in [1.54, 1.807) is 18.3 Å². The Bertz CT molecular complexity index is 385. The SMILES string of the molecule is COC[C@H](C)S(=O)(=O)N1C[C@H]2CCCN2C[C@H]1C. The summed E-state index contributed by atoms with van der Waals surface area (Å²) in [6, 6.07) is 0.495. The Morgan fingerprint density at radius 2 is 2.11 bits per heavy atom. The summed E-state index contributed by atoms with van der Waals surface area (Å²) in [5, 5.41) is -0.460. The quantitative estimate of drug-likeness (QED) is 0.751. The average molecular weight is 276 g/mol. The molecule has 0 N–H and O–H groups in total. The average Bonchev–Trinajstić information content (AvgIpc) is 2.75. The minimum Gasteiger partial charge on any atom is -0.383 e. The highest BCUT2D eigenvalue weighted by atomic mass is 32.2. The summed E-state index contributed by atoms with van der Waals surface area (Å²) >= 11 is 0. The van der Waals surface area contributed by atoms with Crippen molar-refractivity contribution in [3.05, 3.63) is 0 Å². The van der Waals surface area contributed by atoms with Crippen molar-refractivity contribution >= 4 is 10.0 Å². The first-order valence-corrected chi connectivity index (χ1v) is 8.20. The number of methoxy groups -OCH3 is 1. The van der Waals surface area contributed by atoms with E-state index in [4.69, 9.17) is 4.74 Å². The summed E-state index contributed by atoms with van der Waals surface area (Å²) < 4.78 is 31.7. The number of hydrogen-bond donors (Lipinski definition) is 0. The van der Waals surface area contributed by atoms with Gasteiger partial charge in [-0.25, -0.2) is 8.42 Å². The topological polar surface area (TPSA) is 49.9 Å². The van der Waals surface area contributed by atoms with Gasteiger partial charge in [0.05, 0.1) is 11.9 Å². The van der Waals surface area contributed by atoms with Crippen molar-refractivity contribution in [3.8, 4) is 0 Å². The predicted molar refractivity (Wildman–Crippen MR) is 71.0 cm³/mol. The van der Waals surface area contributed by atoms with Crippen LogP contribution in [0.25, 0.3) is 0 Å². The lowest BCUT2D eigenvalue weighted by atomic mass is 10.1. The zero-order valence-corrected chi connectivity index (χ0v) is 12.3. The molecule has 0 saturated carbocycles. The molecule has 0 aliphatic carbocycles. The lowest BCUT2D eigenvalue weighted by Gasteiger charge is -2.42. The van der Waals surface area contributed by atoms with Crippen molar-refractivity contribution in [1.29, 1.82) is 0 Å². The standard InChI is InChI=1S/C12H24N2O3S/c1-10-7-13-6-4-5-12(13)8-14(10)18(15,16)11(2)9-17-3/h10-12H,4-9H2,1-3H3/t10-,11+,12-/m1/s1. The fourth-order valence-corrected chi connectivity index (χ4v) is 4.79. The Morgan fingerprint density at radius 3 is 2.78 bits per heavy atom. The fraction of sp³-hybridized carbons (Fsp3) is 1.00. The van der Waals surface area contributed by atoms with Gasteiger partial charge in [0.2, 0.25) is 10.0 Å². The van der Waals surface area contributed by atoms with Crippen LogP contribution in [0.5, 0.6) is 0 Å². The minimum absolute atomic E-state index is 0.0728. The van der Waals surface area contributed by atoms with Gasteiger partial charge in [0.1, 0.15) is 0 Å². The Kier molecular flexibility index (Phi) is 4.31. The maximum Gasteiger partial charge on any atom is 0.219 e. The summed E-state index contributed by atoms with van der Waals surface area (Å²) in [5.74, 6) is 0. The Balaban J connectivity index is 2.12. The molecule has 18 heavy (non-hydrogen) atoms. The lowest BCUT2D eigenvalue weighted by molar-refractivity contribution is 0.114. The summed E-state index contributed by atoms with van der Waals surface area (Å²) in [6.45, 7) is 6.63. The smallest absolute Gasteiger partial charge is 0.219 e. The van der Waals surface area contributed by atoms with Gasteiger partial charge in [0.25, 0.3) is 0 Å². The van der Waals surface area contributed by atoms with Gasteiger partial charge in [-0.1, -0.05) is 0 Å². The zero-order chi connectivity index (χ0) is 13.3. The van der Waals surface area contributed by atoms with E-state index in [2.05, 4.69) is 4.90 Å². The summed E-state index contributed by atoms with van der Waals surface area (Å²) in [4.78, 5) is 2.43. The zero-order valence-electron chi connectivity index (χ0n) is 11.5. The molecule has 5 nitrogen and oxygen atoms in total. The highest BCUT2D eigenvalue weighted by Crippen LogP contribution is 2.27.